The molecule has 0 spiro atoms. The fraction of sp³-hybridized carbons (Fsp3) is 0.235. The first kappa shape index (κ1) is 16.7. The van der Waals surface area contributed by atoms with E-state index in [0.29, 0.717) is 22.2 Å². The topological polar surface area (TPSA) is 66.8 Å². The zero-order valence-corrected chi connectivity index (χ0v) is 13.5. The second-order valence-electron chi connectivity index (χ2n) is 4.83. The van der Waals surface area contributed by atoms with E-state index in [9.17, 15) is 15.0 Å². The van der Waals surface area contributed by atoms with Crippen molar-refractivity contribution in [3.63, 3.8) is 0 Å². The molecule has 22 heavy (non-hydrogen) atoms. The standard InChI is InChI=1S/C17H17BrO4/c18-10-15(20)13-6-7-16(14(9-13)11-19)22-17(21)8-12-4-2-1-3-5-12/h1-7,9,15,19-20H,8,10-11H2/t15-/m0/s1. The van der Waals surface area contributed by atoms with E-state index in [-0.39, 0.29) is 13.0 Å². The van der Waals surface area contributed by atoms with Crippen molar-refractivity contribution in [2.24, 2.45) is 0 Å². The molecule has 0 heterocycles. The van der Waals surface area contributed by atoms with Gasteiger partial charge in [-0.25, -0.2) is 0 Å². The van der Waals surface area contributed by atoms with Crippen molar-refractivity contribution in [3.8, 4) is 5.75 Å². The molecule has 2 aromatic carbocycles. The summed E-state index contributed by atoms with van der Waals surface area (Å²) < 4.78 is 5.32. The first-order valence-electron chi connectivity index (χ1n) is 6.86. The molecule has 0 bridgehead atoms. The third kappa shape index (κ3) is 4.40. The van der Waals surface area contributed by atoms with Crippen LogP contribution in [0.4, 0.5) is 0 Å². The highest BCUT2D eigenvalue weighted by molar-refractivity contribution is 9.09. The van der Waals surface area contributed by atoms with Gasteiger partial charge < -0.3 is 14.9 Å². The lowest BCUT2D eigenvalue weighted by Crippen LogP contribution is -2.13. The van der Waals surface area contributed by atoms with Crippen molar-refractivity contribution in [3.05, 3.63) is 65.2 Å². The SMILES string of the molecule is O=C(Cc1ccccc1)Oc1ccc([C@@H](O)CBr)cc1CO. The van der Waals surface area contributed by atoms with Gasteiger partial charge in [-0.05, 0) is 23.3 Å². The maximum Gasteiger partial charge on any atom is 0.315 e. The van der Waals surface area contributed by atoms with E-state index in [1.807, 2.05) is 30.3 Å². The number of aliphatic hydroxyl groups is 2. The van der Waals surface area contributed by atoms with Gasteiger partial charge in [0.15, 0.2) is 0 Å². The van der Waals surface area contributed by atoms with Gasteiger partial charge >= 0.3 is 5.97 Å². The highest BCUT2D eigenvalue weighted by atomic mass is 79.9. The number of hydrogen-bond donors (Lipinski definition) is 2. The Kier molecular flexibility index (Phi) is 6.12. The molecule has 0 saturated heterocycles. The molecule has 2 rings (SSSR count). The number of alkyl halides is 1. The maximum atomic E-state index is 12.0. The number of benzene rings is 2. The van der Waals surface area contributed by atoms with E-state index >= 15 is 0 Å². The number of aliphatic hydroxyl groups excluding tert-OH is 2. The van der Waals surface area contributed by atoms with E-state index in [2.05, 4.69) is 15.9 Å². The minimum absolute atomic E-state index is 0.164. The number of hydrogen-bond acceptors (Lipinski definition) is 4. The molecule has 5 heteroatoms. The first-order valence-corrected chi connectivity index (χ1v) is 7.98. The number of carbonyl (C=O) groups is 1. The summed E-state index contributed by atoms with van der Waals surface area (Å²) in [6.45, 7) is -0.267. The Morgan fingerprint density at radius 3 is 2.55 bits per heavy atom. The molecule has 4 nitrogen and oxygen atoms in total. The summed E-state index contributed by atoms with van der Waals surface area (Å²) in [5.41, 5.74) is 1.99. The van der Waals surface area contributed by atoms with Crippen LogP contribution in [0.15, 0.2) is 48.5 Å². The van der Waals surface area contributed by atoms with Crippen molar-refractivity contribution in [2.45, 2.75) is 19.1 Å². The third-order valence-electron chi connectivity index (χ3n) is 3.20. The van der Waals surface area contributed by atoms with Gasteiger partial charge in [-0.15, -0.1) is 0 Å². The summed E-state index contributed by atoms with van der Waals surface area (Å²) in [7, 11) is 0. The predicted octanol–water partition coefficient (Wildman–Crippen LogP) is 2.76. The molecular weight excluding hydrogens is 348 g/mol. The minimum Gasteiger partial charge on any atom is -0.426 e. The molecule has 116 valence electrons. The van der Waals surface area contributed by atoms with Gasteiger partial charge in [0.1, 0.15) is 5.75 Å². The van der Waals surface area contributed by atoms with Gasteiger partial charge in [-0.1, -0.05) is 52.3 Å². The van der Waals surface area contributed by atoms with E-state index in [1.54, 1.807) is 18.2 Å². The Bertz CT molecular complexity index is 628. The third-order valence-corrected chi connectivity index (χ3v) is 3.81. The smallest absolute Gasteiger partial charge is 0.315 e. The van der Waals surface area contributed by atoms with Gasteiger partial charge in [0.25, 0.3) is 0 Å². The molecular formula is C17H17BrO4. The number of rotatable bonds is 6. The molecule has 0 aliphatic rings. The van der Waals surface area contributed by atoms with Gasteiger partial charge in [0.05, 0.1) is 19.1 Å². The molecule has 0 unspecified atom stereocenters. The zero-order chi connectivity index (χ0) is 15.9. The quantitative estimate of drug-likeness (QED) is 0.469. The van der Waals surface area contributed by atoms with Crippen molar-refractivity contribution in [2.75, 3.05) is 5.33 Å². The lowest BCUT2D eigenvalue weighted by Gasteiger charge is -2.13. The molecule has 2 N–H and O–H groups in total. The van der Waals surface area contributed by atoms with Crippen LogP contribution >= 0.6 is 15.9 Å². The summed E-state index contributed by atoms with van der Waals surface area (Å²) in [4.78, 5) is 12.0. The van der Waals surface area contributed by atoms with Crippen LogP contribution in [0.1, 0.15) is 22.8 Å². The monoisotopic (exact) mass is 364 g/mol. The Morgan fingerprint density at radius 1 is 1.18 bits per heavy atom. The zero-order valence-electron chi connectivity index (χ0n) is 11.9. The Hall–Kier alpha value is -1.69. The predicted molar refractivity (Wildman–Crippen MR) is 86.9 cm³/mol. The average Bonchev–Trinajstić information content (AvgIpc) is 2.55. The van der Waals surface area contributed by atoms with Gasteiger partial charge in [0, 0.05) is 10.9 Å². The highest BCUT2D eigenvalue weighted by Gasteiger charge is 2.13. The highest BCUT2D eigenvalue weighted by Crippen LogP contribution is 2.25. The Labute approximate surface area is 137 Å². The van der Waals surface area contributed by atoms with E-state index in [0.717, 1.165) is 5.56 Å². The van der Waals surface area contributed by atoms with Crippen LogP contribution in [0.3, 0.4) is 0 Å². The van der Waals surface area contributed by atoms with Crippen molar-refractivity contribution < 1.29 is 19.7 Å². The minimum atomic E-state index is -0.667. The van der Waals surface area contributed by atoms with Crippen LogP contribution in [-0.2, 0) is 17.8 Å². The van der Waals surface area contributed by atoms with Crippen molar-refractivity contribution >= 4 is 21.9 Å². The molecule has 0 amide bonds. The first-order chi connectivity index (χ1) is 10.6. The van der Waals surface area contributed by atoms with Crippen molar-refractivity contribution in [1.82, 2.24) is 0 Å². The summed E-state index contributed by atoms with van der Waals surface area (Å²) in [6.07, 6.45) is -0.503. The van der Waals surface area contributed by atoms with E-state index in [1.165, 1.54) is 0 Å². The van der Waals surface area contributed by atoms with Crippen LogP contribution < -0.4 is 4.74 Å². The summed E-state index contributed by atoms with van der Waals surface area (Å²) >= 11 is 3.20. The fourth-order valence-electron chi connectivity index (χ4n) is 2.04. The van der Waals surface area contributed by atoms with Crippen LogP contribution in [0.5, 0.6) is 5.75 Å². The summed E-state index contributed by atoms with van der Waals surface area (Å²) in [6, 6.07) is 14.2. The van der Waals surface area contributed by atoms with Gasteiger partial charge in [0.2, 0.25) is 0 Å². The molecule has 0 saturated carbocycles. The number of halogens is 1. The molecule has 0 fully saturated rings. The number of carbonyl (C=O) groups excluding carboxylic acids is 1. The molecule has 0 radical (unpaired) electrons. The van der Waals surface area contributed by atoms with E-state index < -0.39 is 12.1 Å². The van der Waals surface area contributed by atoms with Crippen LogP contribution in [0.25, 0.3) is 0 Å². The number of ether oxygens (including phenoxy) is 1. The second kappa shape index (κ2) is 8.08. The normalized spacial score (nSPS) is 12.0. The summed E-state index contributed by atoms with van der Waals surface area (Å²) in [5, 5.41) is 19.6. The number of esters is 1. The molecule has 0 aliphatic carbocycles. The average molecular weight is 365 g/mol. The molecule has 1 atom stereocenters. The fourth-order valence-corrected chi connectivity index (χ4v) is 2.41. The van der Waals surface area contributed by atoms with Crippen LogP contribution in [0, 0.1) is 0 Å². The maximum absolute atomic E-state index is 12.0. The van der Waals surface area contributed by atoms with Crippen LogP contribution in [-0.4, -0.2) is 21.5 Å². The molecule has 0 aromatic heterocycles. The largest absolute Gasteiger partial charge is 0.426 e. The molecule has 2 aromatic rings. The van der Waals surface area contributed by atoms with Gasteiger partial charge in [-0.2, -0.15) is 0 Å². The Morgan fingerprint density at radius 2 is 1.91 bits per heavy atom. The second-order valence-corrected chi connectivity index (χ2v) is 5.48. The van der Waals surface area contributed by atoms with Gasteiger partial charge in [-0.3, -0.25) is 4.79 Å². The van der Waals surface area contributed by atoms with E-state index in [4.69, 9.17) is 4.74 Å². The lowest BCUT2D eigenvalue weighted by atomic mass is 10.1. The Balaban J connectivity index is 2.10. The molecule has 0 aliphatic heterocycles. The lowest BCUT2D eigenvalue weighted by molar-refractivity contribution is -0.133. The summed E-state index contributed by atoms with van der Waals surface area (Å²) in [5.74, 6) is -0.0800. The van der Waals surface area contributed by atoms with Crippen LogP contribution in [0.2, 0.25) is 0 Å². The van der Waals surface area contributed by atoms with Crippen molar-refractivity contribution in [1.29, 1.82) is 0 Å².